The molecule has 8 nitrogen and oxygen atoms in total. The summed E-state index contributed by atoms with van der Waals surface area (Å²) in [7, 11) is -3.56. The normalized spacial score (nSPS) is 15.9. The Morgan fingerprint density at radius 1 is 1.20 bits per heavy atom. The molecule has 5 rings (SSSR count). The first kappa shape index (κ1) is 24.1. The predicted molar refractivity (Wildman–Crippen MR) is 139 cm³/mol. The number of nitrogens with two attached hydrogens (primary N) is 1. The van der Waals surface area contributed by atoms with Gasteiger partial charge < -0.3 is 10.8 Å². The summed E-state index contributed by atoms with van der Waals surface area (Å²) in [5, 5.41) is 10.6. The Bertz CT molecular complexity index is 1500. The second-order valence-electron chi connectivity index (χ2n) is 8.73. The molecule has 4 heterocycles. The van der Waals surface area contributed by atoms with Crippen molar-refractivity contribution in [2.45, 2.75) is 43.6 Å². The standard InChI is InChI=1S/C24H24ClN5O3S2/c1-13(31)10-14-6-8-27-18(11-14)22-24-15(7-9-28-22)12-19(34-24)23(30-35(32,33)16-2-3-16)21-17(25)4-5-20(26)29-21/h4-9,11-13,16,23,30-31H,2-3,10H2,1H3,(H2,26,29). The molecule has 1 fully saturated rings. The molecule has 4 N–H and O–H groups in total. The van der Waals surface area contributed by atoms with E-state index in [2.05, 4.69) is 19.7 Å². The molecule has 182 valence electrons. The molecule has 0 aromatic carbocycles. The van der Waals surface area contributed by atoms with E-state index in [4.69, 9.17) is 17.3 Å². The van der Waals surface area contributed by atoms with Gasteiger partial charge in [0.25, 0.3) is 0 Å². The van der Waals surface area contributed by atoms with Gasteiger partial charge in [-0.2, -0.15) is 0 Å². The van der Waals surface area contributed by atoms with Crippen molar-refractivity contribution in [2.75, 3.05) is 5.73 Å². The lowest BCUT2D eigenvalue weighted by molar-refractivity contribution is 0.195. The van der Waals surface area contributed by atoms with Gasteiger partial charge in [-0.15, -0.1) is 11.3 Å². The second-order valence-corrected chi connectivity index (χ2v) is 12.2. The molecule has 35 heavy (non-hydrogen) atoms. The smallest absolute Gasteiger partial charge is 0.215 e. The maximum atomic E-state index is 12.9. The van der Waals surface area contributed by atoms with Crippen LogP contribution in [0, 0.1) is 0 Å². The molecule has 11 heteroatoms. The zero-order valence-electron chi connectivity index (χ0n) is 18.8. The molecule has 1 saturated carbocycles. The number of anilines is 1. The van der Waals surface area contributed by atoms with Gasteiger partial charge in [-0.1, -0.05) is 11.6 Å². The summed E-state index contributed by atoms with van der Waals surface area (Å²) >= 11 is 7.87. The first-order chi connectivity index (χ1) is 16.7. The van der Waals surface area contributed by atoms with Crippen molar-refractivity contribution < 1.29 is 13.5 Å². The van der Waals surface area contributed by atoms with Gasteiger partial charge in [0.1, 0.15) is 11.5 Å². The number of nitrogens with one attached hydrogen (secondary N) is 1. The predicted octanol–water partition coefficient (Wildman–Crippen LogP) is 4.08. The van der Waals surface area contributed by atoms with Gasteiger partial charge in [0.15, 0.2) is 0 Å². The highest BCUT2D eigenvalue weighted by atomic mass is 35.5. The lowest BCUT2D eigenvalue weighted by Gasteiger charge is -2.18. The Hall–Kier alpha value is -2.63. The molecule has 0 bridgehead atoms. The number of rotatable bonds is 8. The number of aliphatic hydroxyl groups excluding tert-OH is 1. The molecule has 4 aromatic heterocycles. The van der Waals surface area contributed by atoms with Crippen molar-refractivity contribution in [3.63, 3.8) is 0 Å². The van der Waals surface area contributed by atoms with E-state index in [0.717, 1.165) is 20.5 Å². The van der Waals surface area contributed by atoms with Crippen LogP contribution >= 0.6 is 22.9 Å². The van der Waals surface area contributed by atoms with Crippen molar-refractivity contribution in [1.29, 1.82) is 0 Å². The summed E-state index contributed by atoms with van der Waals surface area (Å²) in [6.45, 7) is 1.74. The Kier molecular flexibility index (Phi) is 6.49. The minimum Gasteiger partial charge on any atom is -0.393 e. The number of halogens is 1. The molecule has 0 amide bonds. The number of thiophene rings is 1. The first-order valence-electron chi connectivity index (χ1n) is 11.2. The van der Waals surface area contributed by atoms with E-state index in [1.165, 1.54) is 11.3 Å². The van der Waals surface area contributed by atoms with Crippen molar-refractivity contribution in [3.8, 4) is 11.4 Å². The van der Waals surface area contributed by atoms with Crippen LogP contribution in [0.5, 0.6) is 0 Å². The minimum atomic E-state index is -3.56. The molecule has 0 radical (unpaired) electrons. The average Bonchev–Trinajstić information content (AvgIpc) is 3.59. The number of pyridine rings is 3. The maximum Gasteiger partial charge on any atom is 0.215 e. The van der Waals surface area contributed by atoms with Crippen molar-refractivity contribution in [2.24, 2.45) is 0 Å². The zero-order chi connectivity index (χ0) is 24.7. The fourth-order valence-corrected chi connectivity index (χ4v) is 6.96. The summed E-state index contributed by atoms with van der Waals surface area (Å²) in [6.07, 6.45) is 4.70. The number of aliphatic hydroxyl groups is 1. The van der Waals surface area contributed by atoms with E-state index in [1.807, 2.05) is 24.3 Å². The molecule has 1 aliphatic rings. The van der Waals surface area contributed by atoms with Gasteiger partial charge >= 0.3 is 0 Å². The second kappa shape index (κ2) is 9.44. The fraction of sp³-hybridized carbons (Fsp3) is 0.292. The van der Waals surface area contributed by atoms with E-state index < -0.39 is 27.4 Å². The van der Waals surface area contributed by atoms with Gasteiger partial charge in [0, 0.05) is 17.3 Å². The third-order valence-corrected chi connectivity index (χ3v) is 9.20. The van der Waals surface area contributed by atoms with Crippen molar-refractivity contribution >= 4 is 48.9 Å². The monoisotopic (exact) mass is 529 g/mol. The number of nitrogen functional groups attached to an aromatic ring is 1. The third-order valence-electron chi connectivity index (χ3n) is 5.75. The van der Waals surface area contributed by atoms with Crippen LogP contribution in [0.2, 0.25) is 5.02 Å². The van der Waals surface area contributed by atoms with Crippen LogP contribution in [-0.4, -0.2) is 39.8 Å². The van der Waals surface area contributed by atoms with Crippen LogP contribution in [-0.2, 0) is 16.4 Å². The molecular formula is C24H24ClN5O3S2. The van der Waals surface area contributed by atoms with Gasteiger partial charge in [0.2, 0.25) is 10.0 Å². The average molecular weight is 530 g/mol. The summed E-state index contributed by atoms with van der Waals surface area (Å²) in [6, 6.07) is 9.98. The van der Waals surface area contributed by atoms with Crippen LogP contribution in [0.1, 0.15) is 41.9 Å². The van der Waals surface area contributed by atoms with Gasteiger partial charge in [0.05, 0.1) is 38.5 Å². The van der Waals surface area contributed by atoms with Crippen LogP contribution in [0.15, 0.2) is 48.8 Å². The molecule has 2 atom stereocenters. The van der Waals surface area contributed by atoms with E-state index in [0.29, 0.717) is 41.4 Å². The van der Waals surface area contributed by atoms with Crippen molar-refractivity contribution in [3.05, 3.63) is 69.9 Å². The Morgan fingerprint density at radius 3 is 2.71 bits per heavy atom. The summed E-state index contributed by atoms with van der Waals surface area (Å²) in [4.78, 5) is 14.2. The van der Waals surface area contributed by atoms with Crippen LogP contribution in [0.25, 0.3) is 21.5 Å². The SMILES string of the molecule is CC(O)Cc1ccnc(-c2nccc3cc(C(NS(=O)(=O)C4CC4)c4nc(N)ccc4Cl)sc23)c1. The third kappa shape index (κ3) is 5.17. The minimum absolute atomic E-state index is 0.252. The topological polar surface area (TPSA) is 131 Å². The molecule has 2 unspecified atom stereocenters. The molecule has 0 spiro atoms. The number of aromatic nitrogens is 3. The maximum absolute atomic E-state index is 12.9. The highest BCUT2D eigenvalue weighted by Gasteiger charge is 2.38. The zero-order valence-corrected chi connectivity index (χ0v) is 21.2. The molecular weight excluding hydrogens is 506 g/mol. The number of fused-ring (bicyclic) bond motifs is 1. The summed E-state index contributed by atoms with van der Waals surface area (Å²) in [5.74, 6) is 0.252. The van der Waals surface area contributed by atoms with Gasteiger partial charge in [-0.05, 0) is 73.5 Å². The molecule has 1 aliphatic carbocycles. The lowest BCUT2D eigenvalue weighted by Crippen LogP contribution is -2.32. The highest BCUT2D eigenvalue weighted by molar-refractivity contribution is 7.90. The highest BCUT2D eigenvalue weighted by Crippen LogP contribution is 2.40. The van der Waals surface area contributed by atoms with E-state index in [-0.39, 0.29) is 5.82 Å². The van der Waals surface area contributed by atoms with Crippen LogP contribution in [0.4, 0.5) is 5.82 Å². The van der Waals surface area contributed by atoms with Crippen molar-refractivity contribution in [1.82, 2.24) is 19.7 Å². The van der Waals surface area contributed by atoms with E-state index >= 15 is 0 Å². The summed E-state index contributed by atoms with van der Waals surface area (Å²) in [5.41, 5.74) is 8.59. The van der Waals surface area contributed by atoms with E-state index in [1.54, 1.807) is 31.5 Å². The number of nitrogens with zero attached hydrogens (tertiary/aromatic N) is 3. The number of hydrogen-bond donors (Lipinski definition) is 3. The quantitative estimate of drug-likeness (QED) is 0.313. The fourth-order valence-electron chi connectivity index (χ4n) is 3.94. The van der Waals surface area contributed by atoms with Crippen LogP contribution < -0.4 is 10.5 Å². The molecule has 4 aromatic rings. The van der Waals surface area contributed by atoms with Gasteiger partial charge in [-0.3, -0.25) is 9.97 Å². The molecule has 0 saturated heterocycles. The lowest BCUT2D eigenvalue weighted by atomic mass is 10.1. The number of hydrogen-bond acceptors (Lipinski definition) is 8. The van der Waals surface area contributed by atoms with Crippen LogP contribution in [0.3, 0.4) is 0 Å². The van der Waals surface area contributed by atoms with E-state index in [9.17, 15) is 13.5 Å². The Balaban J connectivity index is 1.62. The Morgan fingerprint density at radius 2 is 1.97 bits per heavy atom. The largest absolute Gasteiger partial charge is 0.393 e. The number of sulfonamides is 1. The summed E-state index contributed by atoms with van der Waals surface area (Å²) < 4.78 is 29.5. The first-order valence-corrected chi connectivity index (χ1v) is 13.9. The van der Waals surface area contributed by atoms with Gasteiger partial charge in [-0.25, -0.2) is 18.1 Å². The molecule has 0 aliphatic heterocycles. The Labute approximate surface area is 212 Å².